The highest BCUT2D eigenvalue weighted by Crippen LogP contribution is 2.27. The number of amides is 1. The van der Waals surface area contributed by atoms with Gasteiger partial charge in [0.1, 0.15) is 23.9 Å². The first-order valence-corrected chi connectivity index (χ1v) is 8.96. The largest absolute Gasteiger partial charge is 0.487 e. The summed E-state index contributed by atoms with van der Waals surface area (Å²) < 4.78 is 20.6. The highest BCUT2D eigenvalue weighted by Gasteiger charge is 2.26. The molecule has 1 aliphatic heterocycles. The molecule has 0 saturated carbocycles. The molecule has 0 unspecified atom stereocenters. The van der Waals surface area contributed by atoms with Crippen LogP contribution in [0.3, 0.4) is 0 Å². The topological polar surface area (TPSA) is 47.4 Å². The van der Waals surface area contributed by atoms with Gasteiger partial charge in [-0.2, -0.15) is 5.10 Å². The number of nitrogens with zero attached hydrogens (tertiary/aromatic N) is 3. The number of hydrogen-bond donors (Lipinski definition) is 0. The number of carbonyl (C=O) groups excluding carboxylic acids is 1. The van der Waals surface area contributed by atoms with Crippen LogP contribution < -0.4 is 4.74 Å². The van der Waals surface area contributed by atoms with E-state index in [-0.39, 0.29) is 18.3 Å². The van der Waals surface area contributed by atoms with Crippen LogP contribution in [0, 0.1) is 5.82 Å². The Morgan fingerprint density at radius 1 is 1.11 bits per heavy atom. The van der Waals surface area contributed by atoms with E-state index in [1.165, 1.54) is 24.3 Å². The molecule has 4 rings (SSSR count). The maximum absolute atomic E-state index is 13.1. The molecule has 0 saturated heterocycles. The second-order valence-electron chi connectivity index (χ2n) is 6.27. The second-order valence-corrected chi connectivity index (χ2v) is 6.64. The SMILES string of the molecule is O=C(c1ccc(F)cc1)N1CCn2nc(COc3ccccc3)c(Cl)c2C1. The minimum Gasteiger partial charge on any atom is -0.487 e. The van der Waals surface area contributed by atoms with Crippen LogP contribution in [-0.2, 0) is 19.7 Å². The number of carbonyl (C=O) groups is 1. The molecule has 0 fully saturated rings. The van der Waals surface area contributed by atoms with Crippen LogP contribution in [0.4, 0.5) is 4.39 Å². The molecule has 7 heteroatoms. The summed E-state index contributed by atoms with van der Waals surface area (Å²) in [6.45, 7) is 1.68. The molecule has 1 amide bonds. The van der Waals surface area contributed by atoms with Crippen molar-refractivity contribution in [3.8, 4) is 5.75 Å². The zero-order valence-electron chi connectivity index (χ0n) is 14.4. The van der Waals surface area contributed by atoms with Crippen molar-refractivity contribution in [2.75, 3.05) is 6.54 Å². The molecule has 0 aliphatic carbocycles. The van der Waals surface area contributed by atoms with Crippen LogP contribution >= 0.6 is 11.6 Å². The predicted octanol–water partition coefficient (Wildman–Crippen LogP) is 3.91. The van der Waals surface area contributed by atoms with Crippen molar-refractivity contribution in [3.05, 3.63) is 82.4 Å². The third-order valence-corrected chi connectivity index (χ3v) is 4.92. The van der Waals surface area contributed by atoms with E-state index < -0.39 is 0 Å². The molecule has 2 heterocycles. The fourth-order valence-electron chi connectivity index (χ4n) is 3.05. The third-order valence-electron chi connectivity index (χ3n) is 4.48. The molecule has 3 aromatic rings. The van der Waals surface area contributed by atoms with Crippen LogP contribution in [0.5, 0.6) is 5.75 Å². The normalized spacial score (nSPS) is 13.3. The molecule has 0 spiro atoms. The number of fused-ring (bicyclic) bond motifs is 1. The van der Waals surface area contributed by atoms with Gasteiger partial charge in [-0.05, 0) is 36.4 Å². The molecule has 2 aromatic carbocycles. The molecule has 0 radical (unpaired) electrons. The first-order valence-electron chi connectivity index (χ1n) is 8.58. The van der Waals surface area contributed by atoms with E-state index in [9.17, 15) is 9.18 Å². The first-order chi connectivity index (χ1) is 13.1. The van der Waals surface area contributed by atoms with Crippen LogP contribution in [0.2, 0.25) is 5.02 Å². The van der Waals surface area contributed by atoms with Gasteiger partial charge in [-0.25, -0.2) is 4.39 Å². The maximum Gasteiger partial charge on any atom is 0.254 e. The zero-order valence-corrected chi connectivity index (χ0v) is 15.2. The summed E-state index contributed by atoms with van der Waals surface area (Å²) in [4.78, 5) is 14.3. The van der Waals surface area contributed by atoms with Gasteiger partial charge in [0.15, 0.2) is 0 Å². The Morgan fingerprint density at radius 2 is 1.85 bits per heavy atom. The van der Waals surface area contributed by atoms with Gasteiger partial charge < -0.3 is 9.64 Å². The molecular weight excluding hydrogens is 369 g/mol. The van der Waals surface area contributed by atoms with Crippen molar-refractivity contribution in [1.29, 1.82) is 0 Å². The van der Waals surface area contributed by atoms with Crippen molar-refractivity contribution in [1.82, 2.24) is 14.7 Å². The molecule has 27 heavy (non-hydrogen) atoms. The molecular formula is C20H17ClFN3O2. The fraction of sp³-hybridized carbons (Fsp3) is 0.200. The Kier molecular flexibility index (Phi) is 4.81. The van der Waals surface area contributed by atoms with Crippen molar-refractivity contribution < 1.29 is 13.9 Å². The molecule has 0 N–H and O–H groups in total. The van der Waals surface area contributed by atoms with Crippen LogP contribution in [0.15, 0.2) is 54.6 Å². The van der Waals surface area contributed by atoms with Crippen molar-refractivity contribution in [3.63, 3.8) is 0 Å². The van der Waals surface area contributed by atoms with Gasteiger partial charge in [0.25, 0.3) is 5.91 Å². The Hall–Kier alpha value is -2.86. The van der Waals surface area contributed by atoms with Gasteiger partial charge in [0.05, 0.1) is 23.8 Å². The molecule has 138 valence electrons. The Morgan fingerprint density at radius 3 is 2.59 bits per heavy atom. The third kappa shape index (κ3) is 3.66. The molecule has 1 aliphatic rings. The van der Waals surface area contributed by atoms with Gasteiger partial charge in [-0.15, -0.1) is 0 Å². The van der Waals surface area contributed by atoms with E-state index in [2.05, 4.69) is 5.10 Å². The number of para-hydroxylation sites is 1. The standard InChI is InChI=1S/C20H17ClFN3O2/c21-19-17(13-27-16-4-2-1-3-5-16)23-25-11-10-24(12-18(19)25)20(26)14-6-8-15(22)9-7-14/h1-9H,10-13H2. The van der Waals surface area contributed by atoms with Crippen molar-refractivity contribution >= 4 is 17.5 Å². The van der Waals surface area contributed by atoms with E-state index in [0.29, 0.717) is 35.9 Å². The summed E-state index contributed by atoms with van der Waals surface area (Å²) in [5.74, 6) is 0.225. The molecule has 5 nitrogen and oxygen atoms in total. The summed E-state index contributed by atoms with van der Waals surface area (Å²) in [5.41, 5.74) is 1.88. The smallest absolute Gasteiger partial charge is 0.254 e. The van der Waals surface area contributed by atoms with Gasteiger partial charge in [-0.3, -0.25) is 9.48 Å². The minimum atomic E-state index is -0.366. The number of halogens is 2. The summed E-state index contributed by atoms with van der Waals surface area (Å²) >= 11 is 6.49. The quantitative estimate of drug-likeness (QED) is 0.684. The van der Waals surface area contributed by atoms with E-state index in [0.717, 1.165) is 11.4 Å². The van der Waals surface area contributed by atoms with Crippen molar-refractivity contribution in [2.24, 2.45) is 0 Å². The number of rotatable bonds is 4. The number of aromatic nitrogens is 2. The molecule has 0 bridgehead atoms. The predicted molar refractivity (Wildman–Crippen MR) is 99.2 cm³/mol. The highest BCUT2D eigenvalue weighted by atomic mass is 35.5. The lowest BCUT2D eigenvalue weighted by molar-refractivity contribution is 0.0706. The molecule has 0 atom stereocenters. The van der Waals surface area contributed by atoms with Gasteiger partial charge in [0.2, 0.25) is 0 Å². The Balaban J connectivity index is 1.48. The number of hydrogen-bond acceptors (Lipinski definition) is 3. The second kappa shape index (κ2) is 7.40. The average molecular weight is 386 g/mol. The minimum absolute atomic E-state index is 0.152. The Bertz CT molecular complexity index is 957. The summed E-state index contributed by atoms with van der Waals surface area (Å²) in [7, 11) is 0. The highest BCUT2D eigenvalue weighted by molar-refractivity contribution is 6.31. The van der Waals surface area contributed by atoms with Gasteiger partial charge in [-0.1, -0.05) is 29.8 Å². The first kappa shape index (κ1) is 17.5. The van der Waals surface area contributed by atoms with Crippen LogP contribution in [0.25, 0.3) is 0 Å². The lowest BCUT2D eigenvalue weighted by atomic mass is 10.1. The van der Waals surface area contributed by atoms with Gasteiger partial charge >= 0.3 is 0 Å². The maximum atomic E-state index is 13.1. The van der Waals surface area contributed by atoms with E-state index in [4.69, 9.17) is 16.3 Å². The van der Waals surface area contributed by atoms with Crippen molar-refractivity contribution in [2.45, 2.75) is 19.7 Å². The average Bonchev–Trinajstić information content (AvgIpc) is 3.02. The van der Waals surface area contributed by atoms with Crippen LogP contribution in [-0.4, -0.2) is 27.1 Å². The van der Waals surface area contributed by atoms with Crippen LogP contribution in [0.1, 0.15) is 21.7 Å². The van der Waals surface area contributed by atoms with E-state index >= 15 is 0 Å². The number of ether oxygens (including phenoxy) is 1. The van der Waals surface area contributed by atoms with E-state index in [1.54, 1.807) is 4.90 Å². The van der Waals surface area contributed by atoms with Gasteiger partial charge in [0, 0.05) is 12.1 Å². The summed E-state index contributed by atoms with van der Waals surface area (Å²) in [6, 6.07) is 15.0. The summed E-state index contributed by atoms with van der Waals surface area (Å²) in [6.07, 6.45) is 0. The molecule has 1 aromatic heterocycles. The lowest BCUT2D eigenvalue weighted by Crippen LogP contribution is -2.38. The Labute approximate surface area is 160 Å². The number of benzene rings is 2. The monoisotopic (exact) mass is 385 g/mol. The van der Waals surface area contributed by atoms with E-state index in [1.807, 2.05) is 35.0 Å². The zero-order chi connectivity index (χ0) is 18.8. The fourth-order valence-corrected chi connectivity index (χ4v) is 3.30. The lowest BCUT2D eigenvalue weighted by Gasteiger charge is -2.28. The summed E-state index contributed by atoms with van der Waals surface area (Å²) in [5, 5.41) is 5.03.